The third kappa shape index (κ3) is 2.63. The molecule has 1 N–H and O–H groups in total. The zero-order valence-electron chi connectivity index (χ0n) is 12.1. The van der Waals surface area contributed by atoms with Crippen LogP contribution in [0.1, 0.15) is 26.3 Å². The van der Waals surface area contributed by atoms with Crippen LogP contribution in [0.4, 0.5) is 0 Å². The molecule has 20 heavy (non-hydrogen) atoms. The SMILES string of the molecule is CC1=CC(C)(C)NC(=O)[C@@H]1S(=O)(=O)c1ccc(C)cc1. The summed E-state index contributed by atoms with van der Waals surface area (Å²) in [6.45, 7) is 7.25. The lowest BCUT2D eigenvalue weighted by molar-refractivity contribution is -0.121. The van der Waals surface area contributed by atoms with Crippen LogP contribution in [-0.4, -0.2) is 25.1 Å². The van der Waals surface area contributed by atoms with Crippen LogP contribution in [0.3, 0.4) is 0 Å². The van der Waals surface area contributed by atoms with Crippen molar-refractivity contribution in [1.82, 2.24) is 5.32 Å². The van der Waals surface area contributed by atoms with Gasteiger partial charge in [0.15, 0.2) is 15.1 Å². The second-order valence-corrected chi connectivity index (χ2v) is 7.87. The van der Waals surface area contributed by atoms with Crippen molar-refractivity contribution in [3.8, 4) is 0 Å². The van der Waals surface area contributed by atoms with Crippen molar-refractivity contribution >= 4 is 15.7 Å². The van der Waals surface area contributed by atoms with E-state index in [1.807, 2.05) is 20.8 Å². The third-order valence-corrected chi connectivity index (χ3v) is 5.48. The normalized spacial score (nSPS) is 22.1. The van der Waals surface area contributed by atoms with E-state index in [2.05, 4.69) is 5.32 Å². The lowest BCUT2D eigenvalue weighted by atomic mass is 9.95. The van der Waals surface area contributed by atoms with E-state index in [0.717, 1.165) is 5.56 Å². The standard InChI is InChI=1S/C15H19NO3S/c1-10-5-7-12(8-6-10)20(18,19)13-11(2)9-15(3,4)16-14(13)17/h5-9,13H,1-4H3,(H,16,17)/t13-/m1/s1. The molecule has 1 aromatic carbocycles. The van der Waals surface area contributed by atoms with Crippen molar-refractivity contribution in [2.24, 2.45) is 0 Å². The Bertz CT molecular complexity index is 670. The predicted octanol–water partition coefficient (Wildman–Crippen LogP) is 1.99. The van der Waals surface area contributed by atoms with E-state index in [1.165, 1.54) is 0 Å². The number of hydrogen-bond donors (Lipinski definition) is 1. The zero-order chi connectivity index (χ0) is 15.1. The van der Waals surface area contributed by atoms with Gasteiger partial charge in [-0.15, -0.1) is 0 Å². The molecule has 1 atom stereocenters. The van der Waals surface area contributed by atoms with E-state index in [0.29, 0.717) is 5.57 Å². The molecular formula is C15H19NO3S. The maximum absolute atomic E-state index is 12.6. The van der Waals surface area contributed by atoms with Crippen LogP contribution in [0, 0.1) is 6.92 Å². The summed E-state index contributed by atoms with van der Waals surface area (Å²) in [4.78, 5) is 12.4. The molecule has 0 radical (unpaired) electrons. The average molecular weight is 293 g/mol. The molecule has 0 bridgehead atoms. The molecule has 0 aliphatic carbocycles. The summed E-state index contributed by atoms with van der Waals surface area (Å²) in [6.07, 6.45) is 1.80. The van der Waals surface area contributed by atoms with Gasteiger partial charge in [0.25, 0.3) is 0 Å². The number of rotatable bonds is 2. The summed E-state index contributed by atoms with van der Waals surface area (Å²) < 4.78 is 25.3. The number of hydrogen-bond acceptors (Lipinski definition) is 3. The molecule has 0 unspecified atom stereocenters. The van der Waals surface area contributed by atoms with Crippen molar-refractivity contribution < 1.29 is 13.2 Å². The second kappa shape index (κ2) is 4.74. The lowest BCUT2D eigenvalue weighted by Crippen LogP contribution is -2.53. The van der Waals surface area contributed by atoms with Crippen LogP contribution in [-0.2, 0) is 14.6 Å². The molecule has 0 aromatic heterocycles. The van der Waals surface area contributed by atoms with E-state index in [9.17, 15) is 13.2 Å². The fraction of sp³-hybridized carbons (Fsp3) is 0.400. The Morgan fingerprint density at radius 1 is 1.10 bits per heavy atom. The van der Waals surface area contributed by atoms with Crippen LogP contribution < -0.4 is 5.32 Å². The minimum Gasteiger partial charge on any atom is -0.346 e. The van der Waals surface area contributed by atoms with Crippen LogP contribution in [0.15, 0.2) is 40.8 Å². The highest BCUT2D eigenvalue weighted by molar-refractivity contribution is 7.93. The highest BCUT2D eigenvalue weighted by atomic mass is 32.2. The number of aryl methyl sites for hydroxylation is 1. The molecule has 1 aliphatic heterocycles. The first-order valence-electron chi connectivity index (χ1n) is 6.45. The van der Waals surface area contributed by atoms with Gasteiger partial charge in [0.05, 0.1) is 10.4 Å². The molecule has 1 aromatic rings. The molecule has 1 aliphatic rings. The fourth-order valence-electron chi connectivity index (χ4n) is 2.52. The van der Waals surface area contributed by atoms with Crippen molar-refractivity contribution in [2.45, 2.75) is 43.4 Å². The third-order valence-electron chi connectivity index (χ3n) is 3.35. The highest BCUT2D eigenvalue weighted by Crippen LogP contribution is 2.27. The number of benzene rings is 1. The van der Waals surface area contributed by atoms with Crippen molar-refractivity contribution in [3.05, 3.63) is 41.5 Å². The molecule has 1 amide bonds. The van der Waals surface area contributed by atoms with Gasteiger partial charge in [0.2, 0.25) is 5.91 Å². The van der Waals surface area contributed by atoms with Crippen LogP contribution in [0.5, 0.6) is 0 Å². The Hall–Kier alpha value is -1.62. The highest BCUT2D eigenvalue weighted by Gasteiger charge is 2.40. The zero-order valence-corrected chi connectivity index (χ0v) is 12.9. The summed E-state index contributed by atoms with van der Waals surface area (Å²) >= 11 is 0. The Labute approximate surface area is 119 Å². The summed E-state index contributed by atoms with van der Waals surface area (Å²) in [5.41, 5.74) is 1.03. The summed E-state index contributed by atoms with van der Waals surface area (Å²) in [7, 11) is -3.71. The molecule has 108 valence electrons. The first-order chi connectivity index (χ1) is 9.13. The molecular weight excluding hydrogens is 274 g/mol. The first-order valence-corrected chi connectivity index (χ1v) is 8.00. The average Bonchev–Trinajstić information content (AvgIpc) is 2.25. The number of nitrogens with one attached hydrogen (secondary N) is 1. The Kier molecular flexibility index (Phi) is 3.50. The topological polar surface area (TPSA) is 63.2 Å². The smallest absolute Gasteiger partial charge is 0.243 e. The van der Waals surface area contributed by atoms with E-state index in [-0.39, 0.29) is 4.90 Å². The molecule has 1 heterocycles. The summed E-state index contributed by atoms with van der Waals surface area (Å²) in [6, 6.07) is 6.56. The number of sulfone groups is 1. The van der Waals surface area contributed by atoms with Gasteiger partial charge >= 0.3 is 0 Å². The van der Waals surface area contributed by atoms with E-state index in [4.69, 9.17) is 0 Å². The molecule has 0 fully saturated rings. The van der Waals surface area contributed by atoms with Gasteiger partial charge in [-0.2, -0.15) is 0 Å². The summed E-state index contributed by atoms with van der Waals surface area (Å²) in [5.74, 6) is -0.462. The maximum Gasteiger partial charge on any atom is 0.243 e. The van der Waals surface area contributed by atoms with Gasteiger partial charge in [0, 0.05) is 0 Å². The number of carbonyl (C=O) groups is 1. The fourth-order valence-corrected chi connectivity index (χ4v) is 4.21. The minimum absolute atomic E-state index is 0.177. The minimum atomic E-state index is -3.71. The van der Waals surface area contributed by atoms with Crippen molar-refractivity contribution in [1.29, 1.82) is 0 Å². The second-order valence-electron chi connectivity index (χ2n) is 5.84. The van der Waals surface area contributed by atoms with Gasteiger partial charge in [0.1, 0.15) is 0 Å². The van der Waals surface area contributed by atoms with E-state index < -0.39 is 26.5 Å². The molecule has 4 nitrogen and oxygen atoms in total. The monoisotopic (exact) mass is 293 g/mol. The van der Waals surface area contributed by atoms with Crippen molar-refractivity contribution in [2.75, 3.05) is 0 Å². The van der Waals surface area contributed by atoms with Gasteiger partial charge in [-0.1, -0.05) is 23.8 Å². The van der Waals surface area contributed by atoms with Gasteiger partial charge < -0.3 is 5.32 Å². The molecule has 0 saturated carbocycles. The largest absolute Gasteiger partial charge is 0.346 e. The van der Waals surface area contributed by atoms with Crippen LogP contribution in [0.2, 0.25) is 0 Å². The Morgan fingerprint density at radius 2 is 1.65 bits per heavy atom. The summed E-state index contributed by atoms with van der Waals surface area (Å²) in [5, 5.41) is 1.59. The van der Waals surface area contributed by atoms with E-state index in [1.54, 1.807) is 37.3 Å². The quantitative estimate of drug-likeness (QED) is 0.848. The first kappa shape index (κ1) is 14.8. The van der Waals surface area contributed by atoms with Gasteiger partial charge in [-0.3, -0.25) is 4.79 Å². The maximum atomic E-state index is 12.6. The number of carbonyl (C=O) groups excluding carboxylic acids is 1. The van der Waals surface area contributed by atoms with Gasteiger partial charge in [-0.25, -0.2) is 8.42 Å². The van der Waals surface area contributed by atoms with Crippen molar-refractivity contribution in [3.63, 3.8) is 0 Å². The van der Waals surface area contributed by atoms with Crippen LogP contribution in [0.25, 0.3) is 0 Å². The van der Waals surface area contributed by atoms with Crippen LogP contribution >= 0.6 is 0 Å². The van der Waals surface area contributed by atoms with E-state index >= 15 is 0 Å². The molecule has 0 spiro atoms. The lowest BCUT2D eigenvalue weighted by Gasteiger charge is -2.32. The molecule has 0 saturated heterocycles. The molecule has 5 heteroatoms. The molecule has 2 rings (SSSR count). The van der Waals surface area contributed by atoms with Gasteiger partial charge in [-0.05, 0) is 45.4 Å². The number of amides is 1. The Balaban J connectivity index is 2.50. The predicted molar refractivity (Wildman–Crippen MR) is 78.1 cm³/mol. The Morgan fingerprint density at radius 3 is 2.15 bits per heavy atom.